The van der Waals surface area contributed by atoms with Gasteiger partial charge in [0.05, 0.1) is 27.5 Å². The summed E-state index contributed by atoms with van der Waals surface area (Å²) in [5.74, 6) is -1.03. The molecule has 0 aliphatic rings. The Morgan fingerprint density at radius 3 is 2.61 bits per heavy atom. The maximum absolute atomic E-state index is 14.4. The number of halogens is 2. The van der Waals surface area contributed by atoms with E-state index in [1.807, 2.05) is 0 Å². The first-order chi connectivity index (χ1) is 14.6. The molecule has 0 saturated carbocycles. The molecule has 1 aromatic heterocycles. The second-order valence-corrected chi connectivity index (χ2v) is 9.60. The van der Waals surface area contributed by atoms with Crippen LogP contribution in [-0.4, -0.2) is 41.3 Å². The Hall–Kier alpha value is -2.75. The van der Waals surface area contributed by atoms with E-state index in [1.54, 1.807) is 38.4 Å². The molecule has 3 rings (SSSR count). The van der Waals surface area contributed by atoms with E-state index in [2.05, 4.69) is 10.3 Å². The standard InChI is InChI=1S/C21H22ClFN4O3S/c1-14(2)26(3)31(29,30)16-5-6-18(22)17(11-16)21(28)25-12-15-4-7-20(19(23)10-15)27-9-8-24-13-27/h4-11,13-14H,12H2,1-3H3,(H,25,28). The van der Waals surface area contributed by atoms with Gasteiger partial charge < -0.3 is 9.88 Å². The molecule has 10 heteroatoms. The third-order valence-electron chi connectivity index (χ3n) is 4.83. The van der Waals surface area contributed by atoms with Crippen LogP contribution in [0.5, 0.6) is 0 Å². The van der Waals surface area contributed by atoms with Crippen LogP contribution in [0.3, 0.4) is 0 Å². The monoisotopic (exact) mass is 464 g/mol. The molecule has 0 spiro atoms. The Labute approximate surface area is 185 Å². The number of hydrogen-bond acceptors (Lipinski definition) is 4. The van der Waals surface area contributed by atoms with Gasteiger partial charge in [-0.2, -0.15) is 4.31 Å². The van der Waals surface area contributed by atoms with Crippen molar-refractivity contribution >= 4 is 27.5 Å². The zero-order valence-corrected chi connectivity index (χ0v) is 18.8. The molecule has 1 amide bonds. The molecule has 7 nitrogen and oxygen atoms in total. The van der Waals surface area contributed by atoms with E-state index < -0.39 is 21.7 Å². The van der Waals surface area contributed by atoms with Crippen LogP contribution in [0.4, 0.5) is 4.39 Å². The van der Waals surface area contributed by atoms with Gasteiger partial charge in [-0.25, -0.2) is 17.8 Å². The topological polar surface area (TPSA) is 84.3 Å². The Kier molecular flexibility index (Phi) is 6.78. The molecule has 3 aromatic rings. The Bertz CT molecular complexity index is 1200. The van der Waals surface area contributed by atoms with E-state index in [0.29, 0.717) is 11.3 Å². The van der Waals surface area contributed by atoms with Crippen LogP contribution in [0, 0.1) is 5.82 Å². The number of nitrogens with one attached hydrogen (secondary N) is 1. The van der Waals surface area contributed by atoms with Crippen LogP contribution in [-0.2, 0) is 16.6 Å². The normalized spacial score (nSPS) is 11.8. The molecule has 0 radical (unpaired) electrons. The molecule has 2 aromatic carbocycles. The maximum atomic E-state index is 14.4. The van der Waals surface area contributed by atoms with E-state index in [0.717, 1.165) is 0 Å². The lowest BCUT2D eigenvalue weighted by molar-refractivity contribution is 0.0951. The smallest absolute Gasteiger partial charge is 0.253 e. The minimum atomic E-state index is -3.77. The number of aromatic nitrogens is 2. The fourth-order valence-corrected chi connectivity index (χ4v) is 4.43. The third-order valence-corrected chi connectivity index (χ3v) is 7.19. The van der Waals surface area contributed by atoms with Gasteiger partial charge in [0, 0.05) is 32.0 Å². The van der Waals surface area contributed by atoms with Crippen molar-refractivity contribution in [3.63, 3.8) is 0 Å². The van der Waals surface area contributed by atoms with Crippen molar-refractivity contribution in [2.24, 2.45) is 0 Å². The fourth-order valence-electron chi connectivity index (χ4n) is 2.83. The first-order valence-electron chi connectivity index (χ1n) is 9.44. The minimum absolute atomic E-state index is 0.0235. The molecule has 0 aliphatic heterocycles. The van der Waals surface area contributed by atoms with Crippen molar-refractivity contribution in [2.75, 3.05) is 7.05 Å². The zero-order valence-electron chi connectivity index (χ0n) is 17.2. The average Bonchev–Trinajstić information content (AvgIpc) is 3.26. The average molecular weight is 465 g/mol. The van der Waals surface area contributed by atoms with Gasteiger partial charge >= 0.3 is 0 Å². The summed E-state index contributed by atoms with van der Waals surface area (Å²) in [6.07, 6.45) is 4.66. The molecule has 0 bridgehead atoms. The summed E-state index contributed by atoms with van der Waals surface area (Å²) < 4.78 is 42.6. The van der Waals surface area contributed by atoms with Crippen molar-refractivity contribution < 1.29 is 17.6 Å². The molecular weight excluding hydrogens is 443 g/mol. The minimum Gasteiger partial charge on any atom is -0.348 e. The quantitative estimate of drug-likeness (QED) is 0.578. The predicted octanol–water partition coefficient (Wildman–Crippen LogP) is 3.62. The van der Waals surface area contributed by atoms with Crippen LogP contribution in [0.15, 0.2) is 60.0 Å². The van der Waals surface area contributed by atoms with Crippen molar-refractivity contribution in [1.29, 1.82) is 0 Å². The molecule has 0 unspecified atom stereocenters. The molecule has 0 atom stereocenters. The summed E-state index contributed by atoms with van der Waals surface area (Å²) in [4.78, 5) is 16.5. The van der Waals surface area contributed by atoms with Crippen molar-refractivity contribution in [3.05, 3.63) is 77.1 Å². The number of amides is 1. The molecule has 1 heterocycles. The van der Waals surface area contributed by atoms with Gasteiger partial charge in [0.1, 0.15) is 5.82 Å². The van der Waals surface area contributed by atoms with Crippen LogP contribution >= 0.6 is 11.6 Å². The van der Waals surface area contributed by atoms with Crippen molar-refractivity contribution in [2.45, 2.75) is 31.3 Å². The van der Waals surface area contributed by atoms with Gasteiger partial charge in [-0.15, -0.1) is 0 Å². The SMILES string of the molecule is CC(C)N(C)S(=O)(=O)c1ccc(Cl)c(C(=O)NCc2ccc(-n3ccnc3)c(F)c2)c1. The maximum Gasteiger partial charge on any atom is 0.253 e. The molecule has 0 aliphatic carbocycles. The van der Waals surface area contributed by atoms with E-state index in [9.17, 15) is 17.6 Å². The summed E-state index contributed by atoms with van der Waals surface area (Å²) in [6.45, 7) is 3.54. The predicted molar refractivity (Wildman–Crippen MR) is 116 cm³/mol. The van der Waals surface area contributed by atoms with E-state index in [4.69, 9.17) is 11.6 Å². The van der Waals surface area contributed by atoms with Crippen LogP contribution in [0.25, 0.3) is 5.69 Å². The highest BCUT2D eigenvalue weighted by Crippen LogP contribution is 2.24. The van der Waals surface area contributed by atoms with Crippen molar-refractivity contribution in [3.8, 4) is 5.69 Å². The highest BCUT2D eigenvalue weighted by atomic mass is 35.5. The first-order valence-corrected chi connectivity index (χ1v) is 11.3. The van der Waals surface area contributed by atoms with Crippen LogP contribution in [0.1, 0.15) is 29.8 Å². The molecule has 31 heavy (non-hydrogen) atoms. The second kappa shape index (κ2) is 9.17. The largest absolute Gasteiger partial charge is 0.348 e. The Morgan fingerprint density at radius 2 is 2.00 bits per heavy atom. The lowest BCUT2D eigenvalue weighted by atomic mass is 10.1. The van der Waals surface area contributed by atoms with Crippen LogP contribution in [0.2, 0.25) is 5.02 Å². The number of hydrogen-bond donors (Lipinski definition) is 1. The summed E-state index contributed by atoms with van der Waals surface area (Å²) in [7, 11) is -2.30. The summed E-state index contributed by atoms with van der Waals surface area (Å²) in [5, 5.41) is 2.77. The fraction of sp³-hybridized carbons (Fsp3) is 0.238. The number of nitrogens with zero attached hydrogens (tertiary/aromatic N) is 3. The van der Waals surface area contributed by atoms with Gasteiger partial charge in [0.2, 0.25) is 10.0 Å². The number of carbonyl (C=O) groups excluding carboxylic acids is 1. The lowest BCUT2D eigenvalue weighted by Gasteiger charge is -2.21. The first kappa shape index (κ1) is 22.9. The third kappa shape index (κ3) is 4.95. The van der Waals surface area contributed by atoms with Gasteiger partial charge in [0.25, 0.3) is 5.91 Å². The zero-order chi connectivity index (χ0) is 22.8. The van der Waals surface area contributed by atoms with Crippen molar-refractivity contribution in [1.82, 2.24) is 19.2 Å². The number of imidazole rings is 1. The molecule has 1 N–H and O–H groups in total. The molecule has 0 saturated heterocycles. The number of rotatable bonds is 7. The molecular formula is C21H22ClFN4O3S. The summed E-state index contributed by atoms with van der Waals surface area (Å²) in [6, 6.07) is 8.30. The van der Waals surface area contributed by atoms with Gasteiger partial charge in [-0.3, -0.25) is 4.79 Å². The van der Waals surface area contributed by atoms with E-state index in [-0.39, 0.29) is 28.1 Å². The summed E-state index contributed by atoms with van der Waals surface area (Å²) >= 11 is 6.13. The Morgan fingerprint density at radius 1 is 1.26 bits per heavy atom. The van der Waals surface area contributed by atoms with Gasteiger partial charge in [0.15, 0.2) is 0 Å². The van der Waals surface area contributed by atoms with E-state index >= 15 is 0 Å². The summed E-state index contributed by atoms with van der Waals surface area (Å²) in [5.41, 5.74) is 0.896. The second-order valence-electron chi connectivity index (χ2n) is 7.20. The Balaban J connectivity index is 1.77. The molecule has 0 fully saturated rings. The highest BCUT2D eigenvalue weighted by molar-refractivity contribution is 7.89. The molecule has 164 valence electrons. The number of benzene rings is 2. The van der Waals surface area contributed by atoms with Crippen LogP contribution < -0.4 is 5.32 Å². The van der Waals surface area contributed by atoms with Gasteiger partial charge in [-0.1, -0.05) is 17.7 Å². The number of sulfonamides is 1. The number of carbonyl (C=O) groups is 1. The lowest BCUT2D eigenvalue weighted by Crippen LogP contribution is -2.33. The highest BCUT2D eigenvalue weighted by Gasteiger charge is 2.25. The van der Waals surface area contributed by atoms with Gasteiger partial charge in [-0.05, 0) is 49.7 Å². The van der Waals surface area contributed by atoms with E-state index in [1.165, 1.54) is 46.5 Å².